The number of hydrazine groups is 1. The van der Waals surface area contributed by atoms with Gasteiger partial charge in [-0.3, -0.25) is 0 Å². The minimum Gasteiger partial charge on any atom is -0.396 e. The highest BCUT2D eigenvalue weighted by atomic mass is 79.9. The van der Waals surface area contributed by atoms with Gasteiger partial charge in [0.15, 0.2) is 5.70 Å². The molecule has 1 unspecified atom stereocenters. The predicted molar refractivity (Wildman–Crippen MR) is 62.4 cm³/mol. The highest BCUT2D eigenvalue weighted by Crippen LogP contribution is 2.35. The number of nitriles is 1. The second-order valence-corrected chi connectivity index (χ2v) is 5.44. The van der Waals surface area contributed by atoms with E-state index in [1.807, 2.05) is 18.2 Å². The third-order valence-corrected chi connectivity index (χ3v) is 3.92. The van der Waals surface area contributed by atoms with Crippen LogP contribution in [0.4, 0.5) is 0 Å². The second-order valence-electron chi connectivity index (χ2n) is 2.60. The SMILES string of the molecule is N#C/C(NN)=C(/N)C1=CC=C(Br)PC1. The average Bonchev–Trinajstić information content (AvgIpc) is 2.20. The van der Waals surface area contributed by atoms with Gasteiger partial charge in [-0.05, 0) is 17.8 Å². The van der Waals surface area contributed by atoms with Gasteiger partial charge >= 0.3 is 0 Å². The maximum absolute atomic E-state index is 8.70. The summed E-state index contributed by atoms with van der Waals surface area (Å²) in [6.45, 7) is 0. The minimum absolute atomic E-state index is 0.215. The zero-order chi connectivity index (χ0) is 10.6. The van der Waals surface area contributed by atoms with Crippen LogP contribution in [-0.2, 0) is 0 Å². The van der Waals surface area contributed by atoms with E-state index in [1.165, 1.54) is 0 Å². The van der Waals surface area contributed by atoms with E-state index in [4.69, 9.17) is 16.8 Å². The van der Waals surface area contributed by atoms with Crippen LogP contribution >= 0.6 is 24.5 Å². The largest absolute Gasteiger partial charge is 0.396 e. The van der Waals surface area contributed by atoms with Gasteiger partial charge in [0.1, 0.15) is 6.07 Å². The highest BCUT2D eigenvalue weighted by molar-refractivity contribution is 9.13. The third kappa shape index (κ3) is 2.58. The maximum Gasteiger partial charge on any atom is 0.151 e. The molecule has 1 aliphatic heterocycles. The van der Waals surface area contributed by atoms with Gasteiger partial charge in [-0.25, -0.2) is 5.84 Å². The van der Waals surface area contributed by atoms with Crippen molar-refractivity contribution in [2.45, 2.75) is 0 Å². The van der Waals surface area contributed by atoms with Gasteiger partial charge in [0.05, 0.1) is 5.70 Å². The molecular weight excluding hydrogens is 263 g/mol. The van der Waals surface area contributed by atoms with Crippen molar-refractivity contribution < 1.29 is 0 Å². The fourth-order valence-electron chi connectivity index (χ4n) is 0.987. The molecule has 5 N–H and O–H groups in total. The maximum atomic E-state index is 8.70. The molecule has 74 valence electrons. The summed E-state index contributed by atoms with van der Waals surface area (Å²) in [7, 11) is 0.661. The fourth-order valence-corrected chi connectivity index (χ4v) is 2.41. The van der Waals surface area contributed by atoms with E-state index in [1.54, 1.807) is 0 Å². The molecule has 0 amide bonds. The summed E-state index contributed by atoms with van der Waals surface area (Å²) in [6, 6.07) is 1.91. The Hall–Kier alpha value is -0.820. The number of hydrogen-bond donors (Lipinski definition) is 3. The second kappa shape index (κ2) is 5.16. The zero-order valence-corrected chi connectivity index (χ0v) is 9.93. The molecule has 0 radical (unpaired) electrons. The van der Waals surface area contributed by atoms with Crippen LogP contribution in [0.3, 0.4) is 0 Å². The summed E-state index contributed by atoms with van der Waals surface area (Å²) < 4.78 is 1.16. The lowest BCUT2D eigenvalue weighted by Crippen LogP contribution is -2.25. The molecule has 0 saturated heterocycles. The van der Waals surface area contributed by atoms with E-state index >= 15 is 0 Å². The lowest BCUT2D eigenvalue weighted by Gasteiger charge is -2.12. The van der Waals surface area contributed by atoms with Gasteiger partial charge in [0.25, 0.3) is 0 Å². The molecule has 0 aromatic rings. The molecule has 1 heterocycles. The first-order valence-corrected chi connectivity index (χ1v) is 5.86. The van der Waals surface area contributed by atoms with E-state index in [2.05, 4.69) is 21.4 Å². The fraction of sp³-hybridized carbons (Fsp3) is 0.125. The van der Waals surface area contributed by atoms with Crippen LogP contribution in [-0.4, -0.2) is 6.16 Å². The molecule has 0 saturated carbocycles. The Morgan fingerprint density at radius 2 is 2.36 bits per heavy atom. The number of nitrogens with zero attached hydrogens (tertiary/aromatic N) is 1. The van der Waals surface area contributed by atoms with Crippen molar-refractivity contribution in [1.82, 2.24) is 5.43 Å². The van der Waals surface area contributed by atoms with Crippen molar-refractivity contribution in [3.05, 3.63) is 33.3 Å². The Labute approximate surface area is 92.6 Å². The van der Waals surface area contributed by atoms with Crippen molar-refractivity contribution in [3.63, 3.8) is 0 Å². The van der Waals surface area contributed by atoms with Crippen molar-refractivity contribution in [1.29, 1.82) is 5.26 Å². The lowest BCUT2D eigenvalue weighted by atomic mass is 10.1. The molecule has 0 aromatic heterocycles. The van der Waals surface area contributed by atoms with Crippen molar-refractivity contribution in [2.24, 2.45) is 11.6 Å². The smallest absolute Gasteiger partial charge is 0.151 e. The molecule has 6 heteroatoms. The minimum atomic E-state index is 0.215. The van der Waals surface area contributed by atoms with Crippen LogP contribution in [0.5, 0.6) is 0 Å². The van der Waals surface area contributed by atoms with Gasteiger partial charge < -0.3 is 11.2 Å². The van der Waals surface area contributed by atoms with E-state index in [9.17, 15) is 0 Å². The van der Waals surface area contributed by atoms with E-state index in [0.717, 1.165) is 16.0 Å². The quantitative estimate of drug-likeness (QED) is 0.303. The van der Waals surface area contributed by atoms with Gasteiger partial charge in [-0.15, -0.1) is 0 Å². The van der Waals surface area contributed by atoms with Crippen LogP contribution in [0.25, 0.3) is 0 Å². The summed E-state index contributed by atoms with van der Waals surface area (Å²) >= 11 is 3.40. The van der Waals surface area contributed by atoms with Crippen LogP contribution in [0.1, 0.15) is 0 Å². The van der Waals surface area contributed by atoms with E-state index in [-0.39, 0.29) is 5.70 Å². The van der Waals surface area contributed by atoms with Gasteiger partial charge in [0.2, 0.25) is 0 Å². The molecule has 0 aliphatic carbocycles. The van der Waals surface area contributed by atoms with Gasteiger partial charge in [-0.2, -0.15) is 5.26 Å². The standard InChI is InChI=1S/C8H10BrN4P/c9-7-2-1-5(4-14-7)8(11)6(3-10)13-12/h1-2,13-14H,4,11-12H2/b8-6-. The zero-order valence-electron chi connectivity index (χ0n) is 7.34. The Balaban J connectivity index is 2.96. The van der Waals surface area contributed by atoms with Gasteiger partial charge in [-0.1, -0.05) is 30.6 Å². The van der Waals surface area contributed by atoms with Crippen LogP contribution in [0.15, 0.2) is 33.3 Å². The first-order chi connectivity index (χ1) is 6.69. The summed E-state index contributed by atoms with van der Waals surface area (Å²) in [5.74, 6) is 5.16. The molecular formula is C8H10BrN4P. The molecule has 4 nitrogen and oxygen atoms in total. The molecule has 0 spiro atoms. The molecule has 1 aliphatic rings. The average molecular weight is 273 g/mol. The number of rotatable bonds is 2. The van der Waals surface area contributed by atoms with Crippen molar-refractivity contribution >= 4 is 24.5 Å². The molecule has 0 aromatic carbocycles. The number of nitrogens with two attached hydrogens (primary N) is 2. The monoisotopic (exact) mass is 272 g/mol. The molecule has 1 rings (SSSR count). The topological polar surface area (TPSA) is 87.9 Å². The number of allylic oxidation sites excluding steroid dienone is 4. The lowest BCUT2D eigenvalue weighted by molar-refractivity contribution is 0.899. The van der Waals surface area contributed by atoms with Crippen LogP contribution in [0, 0.1) is 11.3 Å². The summed E-state index contributed by atoms with van der Waals surface area (Å²) in [4.78, 5) is 0. The number of halogens is 1. The normalized spacial score (nSPS) is 19.2. The van der Waals surface area contributed by atoms with Crippen LogP contribution < -0.4 is 17.0 Å². The molecule has 0 fully saturated rings. The first-order valence-electron chi connectivity index (χ1n) is 3.86. The van der Waals surface area contributed by atoms with E-state index < -0.39 is 0 Å². The first kappa shape index (κ1) is 11.3. The number of hydrogen-bond acceptors (Lipinski definition) is 4. The Morgan fingerprint density at radius 1 is 1.64 bits per heavy atom. The molecule has 0 bridgehead atoms. The van der Waals surface area contributed by atoms with Crippen LogP contribution in [0.2, 0.25) is 0 Å². The van der Waals surface area contributed by atoms with Crippen molar-refractivity contribution in [2.75, 3.05) is 6.16 Å². The Kier molecular flexibility index (Phi) is 4.15. The number of nitrogens with one attached hydrogen (secondary N) is 1. The van der Waals surface area contributed by atoms with E-state index in [0.29, 0.717) is 14.3 Å². The summed E-state index contributed by atoms with van der Waals surface area (Å²) in [5, 5.41) is 8.70. The Morgan fingerprint density at radius 3 is 2.79 bits per heavy atom. The Bertz CT molecular complexity index is 364. The highest BCUT2D eigenvalue weighted by Gasteiger charge is 2.10. The molecule has 14 heavy (non-hydrogen) atoms. The summed E-state index contributed by atoms with van der Waals surface area (Å²) in [5.41, 5.74) is 9.64. The van der Waals surface area contributed by atoms with Gasteiger partial charge in [0, 0.05) is 4.22 Å². The summed E-state index contributed by atoms with van der Waals surface area (Å²) in [6.07, 6.45) is 4.68. The predicted octanol–water partition coefficient (Wildman–Crippen LogP) is 0.998. The third-order valence-electron chi connectivity index (χ3n) is 1.75. The molecule has 1 atom stereocenters. The van der Waals surface area contributed by atoms with Crippen molar-refractivity contribution in [3.8, 4) is 6.07 Å².